The first kappa shape index (κ1) is 18.0. The minimum absolute atomic E-state index is 0.196. The van der Waals surface area contributed by atoms with Gasteiger partial charge in [0.25, 0.3) is 5.56 Å². The molecule has 4 nitrogen and oxygen atoms in total. The predicted octanol–water partition coefficient (Wildman–Crippen LogP) is 4.47. The van der Waals surface area contributed by atoms with E-state index in [0.29, 0.717) is 12.2 Å². The third-order valence-electron chi connectivity index (χ3n) is 3.55. The van der Waals surface area contributed by atoms with Crippen LogP contribution < -0.4 is 10.9 Å². The Morgan fingerprint density at radius 3 is 2.48 bits per heavy atom. The number of hydrogen-bond acceptors (Lipinski definition) is 3. The maximum atomic E-state index is 12.0. The molecule has 0 aliphatic carbocycles. The largest absolute Gasteiger partial charge is 0.382 e. The van der Waals surface area contributed by atoms with E-state index >= 15 is 0 Å². The summed E-state index contributed by atoms with van der Waals surface area (Å²) in [6.07, 6.45) is 11.1. The molecular formula is C16H28ClN3O. The van der Waals surface area contributed by atoms with Gasteiger partial charge in [-0.2, -0.15) is 5.10 Å². The van der Waals surface area contributed by atoms with Crippen molar-refractivity contribution in [3.63, 3.8) is 0 Å². The Labute approximate surface area is 132 Å². The van der Waals surface area contributed by atoms with Gasteiger partial charge in [-0.05, 0) is 12.8 Å². The van der Waals surface area contributed by atoms with E-state index in [9.17, 15) is 4.79 Å². The van der Waals surface area contributed by atoms with E-state index in [-0.39, 0.29) is 10.6 Å². The summed E-state index contributed by atoms with van der Waals surface area (Å²) in [7, 11) is 0. The number of nitrogens with zero attached hydrogens (tertiary/aromatic N) is 2. The van der Waals surface area contributed by atoms with Gasteiger partial charge in [-0.25, -0.2) is 4.68 Å². The van der Waals surface area contributed by atoms with Crippen molar-refractivity contribution in [3.05, 3.63) is 21.6 Å². The van der Waals surface area contributed by atoms with Gasteiger partial charge in [-0.3, -0.25) is 4.79 Å². The van der Waals surface area contributed by atoms with Crippen molar-refractivity contribution < 1.29 is 0 Å². The monoisotopic (exact) mass is 313 g/mol. The number of halogens is 1. The second-order valence-corrected chi connectivity index (χ2v) is 5.83. The zero-order valence-electron chi connectivity index (χ0n) is 13.3. The zero-order valence-corrected chi connectivity index (χ0v) is 14.1. The topological polar surface area (TPSA) is 46.9 Å². The van der Waals surface area contributed by atoms with Gasteiger partial charge >= 0.3 is 0 Å². The highest BCUT2D eigenvalue weighted by molar-refractivity contribution is 6.32. The fourth-order valence-electron chi connectivity index (χ4n) is 2.18. The summed E-state index contributed by atoms with van der Waals surface area (Å²) >= 11 is 6.12. The number of anilines is 1. The molecule has 0 aliphatic rings. The molecule has 1 N–H and O–H groups in total. The molecule has 0 atom stereocenters. The average molecular weight is 314 g/mol. The molecule has 1 aromatic heterocycles. The van der Waals surface area contributed by atoms with Crippen molar-refractivity contribution in [2.24, 2.45) is 0 Å². The number of aromatic nitrogens is 2. The van der Waals surface area contributed by atoms with Crippen LogP contribution in [-0.4, -0.2) is 16.3 Å². The van der Waals surface area contributed by atoms with Crippen molar-refractivity contribution in [1.29, 1.82) is 0 Å². The fraction of sp³-hybridized carbons (Fsp3) is 0.750. The van der Waals surface area contributed by atoms with Crippen LogP contribution in [0.15, 0.2) is 11.0 Å². The van der Waals surface area contributed by atoms with E-state index in [1.54, 1.807) is 6.20 Å². The van der Waals surface area contributed by atoms with Crippen LogP contribution in [-0.2, 0) is 6.54 Å². The zero-order chi connectivity index (χ0) is 15.5. The molecule has 120 valence electrons. The Kier molecular flexibility index (Phi) is 9.15. The van der Waals surface area contributed by atoms with Crippen LogP contribution in [0.5, 0.6) is 0 Å². The first-order chi connectivity index (χ1) is 10.2. The number of unbranched alkanes of at least 4 members (excludes halogenated alkanes) is 6. The lowest BCUT2D eigenvalue weighted by molar-refractivity contribution is 0.543. The van der Waals surface area contributed by atoms with Crippen LogP contribution in [0.3, 0.4) is 0 Å². The summed E-state index contributed by atoms with van der Waals surface area (Å²) in [5.41, 5.74) is 0.459. The van der Waals surface area contributed by atoms with Crippen molar-refractivity contribution in [3.8, 4) is 0 Å². The summed E-state index contributed by atoms with van der Waals surface area (Å²) in [6.45, 7) is 5.78. The maximum absolute atomic E-state index is 12.0. The molecule has 0 saturated heterocycles. The summed E-state index contributed by atoms with van der Waals surface area (Å²) in [4.78, 5) is 12.0. The van der Waals surface area contributed by atoms with Crippen LogP contribution in [0.2, 0.25) is 5.02 Å². The van der Waals surface area contributed by atoms with Gasteiger partial charge in [0.05, 0.1) is 11.9 Å². The average Bonchev–Trinajstić information content (AvgIpc) is 2.49. The number of nitrogens with one attached hydrogen (secondary N) is 1. The standard InChI is InChI=1S/C16H28ClN3O/c1-3-5-7-8-9-10-11-18-14-13-19-20(12-6-4-2)16(21)15(14)17/h13,18H,3-12H2,1-2H3. The van der Waals surface area contributed by atoms with E-state index in [0.717, 1.165) is 25.8 Å². The maximum Gasteiger partial charge on any atom is 0.287 e. The minimum atomic E-state index is -0.196. The Balaban J connectivity index is 2.38. The van der Waals surface area contributed by atoms with Crippen molar-refractivity contribution in [2.75, 3.05) is 11.9 Å². The van der Waals surface area contributed by atoms with Crippen molar-refractivity contribution in [1.82, 2.24) is 9.78 Å². The smallest absolute Gasteiger partial charge is 0.287 e. The molecule has 0 radical (unpaired) electrons. The van der Waals surface area contributed by atoms with Crippen molar-refractivity contribution in [2.45, 2.75) is 71.8 Å². The normalized spacial score (nSPS) is 10.8. The molecular weight excluding hydrogens is 286 g/mol. The predicted molar refractivity (Wildman–Crippen MR) is 90.3 cm³/mol. The molecule has 1 aromatic rings. The first-order valence-corrected chi connectivity index (χ1v) is 8.58. The van der Waals surface area contributed by atoms with Gasteiger partial charge in [0.2, 0.25) is 0 Å². The fourth-order valence-corrected chi connectivity index (χ4v) is 2.40. The molecule has 1 heterocycles. The summed E-state index contributed by atoms with van der Waals surface area (Å²) in [6, 6.07) is 0. The van der Waals surface area contributed by atoms with Gasteiger partial charge in [-0.1, -0.05) is 64.0 Å². The van der Waals surface area contributed by atoms with Crippen LogP contribution in [0, 0.1) is 0 Å². The SMILES string of the molecule is CCCCCCCCNc1cnn(CCCC)c(=O)c1Cl. The van der Waals surface area contributed by atoms with Gasteiger partial charge in [0.1, 0.15) is 5.02 Å². The van der Waals surface area contributed by atoms with E-state index in [2.05, 4.69) is 24.3 Å². The number of aryl methyl sites for hydroxylation is 1. The lowest BCUT2D eigenvalue weighted by Crippen LogP contribution is -2.24. The summed E-state index contributed by atoms with van der Waals surface area (Å²) in [5, 5.41) is 7.65. The second-order valence-electron chi connectivity index (χ2n) is 5.45. The molecule has 0 spiro atoms. The molecule has 1 rings (SSSR count). The third-order valence-corrected chi connectivity index (χ3v) is 3.92. The molecule has 0 bridgehead atoms. The van der Waals surface area contributed by atoms with Gasteiger partial charge in [0.15, 0.2) is 0 Å². The molecule has 0 unspecified atom stereocenters. The van der Waals surface area contributed by atoms with Gasteiger partial charge in [-0.15, -0.1) is 0 Å². The lowest BCUT2D eigenvalue weighted by atomic mass is 10.1. The lowest BCUT2D eigenvalue weighted by Gasteiger charge is -2.10. The summed E-state index contributed by atoms with van der Waals surface area (Å²) in [5.74, 6) is 0. The van der Waals surface area contributed by atoms with E-state index < -0.39 is 0 Å². The highest BCUT2D eigenvalue weighted by Crippen LogP contribution is 2.15. The van der Waals surface area contributed by atoms with Crippen LogP contribution in [0.1, 0.15) is 65.2 Å². The molecule has 0 fully saturated rings. The Morgan fingerprint density at radius 1 is 1.10 bits per heavy atom. The Bertz CT molecular complexity index is 459. The van der Waals surface area contributed by atoms with Crippen LogP contribution >= 0.6 is 11.6 Å². The quantitative estimate of drug-likeness (QED) is 0.613. The molecule has 0 saturated carbocycles. The van der Waals surface area contributed by atoms with E-state index in [1.165, 1.54) is 36.8 Å². The third kappa shape index (κ3) is 6.51. The molecule has 0 amide bonds. The number of hydrogen-bond donors (Lipinski definition) is 1. The summed E-state index contributed by atoms with van der Waals surface area (Å²) < 4.78 is 1.45. The number of rotatable bonds is 11. The Hall–Kier alpha value is -1.03. The Morgan fingerprint density at radius 2 is 1.76 bits per heavy atom. The second kappa shape index (κ2) is 10.7. The van der Waals surface area contributed by atoms with Gasteiger partial charge < -0.3 is 5.32 Å². The molecule has 5 heteroatoms. The highest BCUT2D eigenvalue weighted by atomic mass is 35.5. The highest BCUT2D eigenvalue weighted by Gasteiger charge is 2.08. The molecule has 21 heavy (non-hydrogen) atoms. The van der Waals surface area contributed by atoms with Crippen molar-refractivity contribution >= 4 is 17.3 Å². The van der Waals surface area contributed by atoms with Gasteiger partial charge in [0, 0.05) is 13.1 Å². The van der Waals surface area contributed by atoms with Crippen LogP contribution in [0.4, 0.5) is 5.69 Å². The minimum Gasteiger partial charge on any atom is -0.382 e. The van der Waals surface area contributed by atoms with E-state index in [4.69, 9.17) is 11.6 Å². The van der Waals surface area contributed by atoms with E-state index in [1.807, 2.05) is 0 Å². The first-order valence-electron chi connectivity index (χ1n) is 8.20. The molecule has 0 aliphatic heterocycles. The van der Waals surface area contributed by atoms with Crippen LogP contribution in [0.25, 0.3) is 0 Å². The molecule has 0 aromatic carbocycles.